The van der Waals surface area contributed by atoms with E-state index < -0.39 is 0 Å². The van der Waals surface area contributed by atoms with Gasteiger partial charge in [-0.2, -0.15) is 5.26 Å². The maximum atomic E-state index is 8.53. The summed E-state index contributed by atoms with van der Waals surface area (Å²) in [5.74, 6) is 1.06. The van der Waals surface area contributed by atoms with E-state index >= 15 is 0 Å². The molecule has 0 aliphatic rings. The quantitative estimate of drug-likeness (QED) is 0.330. The third kappa shape index (κ3) is 13.5. The monoisotopic (exact) mass is 253 g/mol. The van der Waals surface area contributed by atoms with Gasteiger partial charge in [-0.1, -0.05) is 71.3 Å². The van der Waals surface area contributed by atoms with Gasteiger partial charge in [0.05, 0.1) is 4.91 Å². The third-order valence-corrected chi connectivity index (χ3v) is 3.83. The van der Waals surface area contributed by atoms with Crippen LogP contribution in [0.25, 0.3) is 0 Å². The van der Waals surface area contributed by atoms with Crippen molar-refractivity contribution in [2.75, 3.05) is 5.75 Å². The summed E-state index contributed by atoms with van der Waals surface area (Å²) in [6.07, 6.45) is 13.7. The predicted octanol–water partition coefficient (Wildman–Crippen LogP) is 5.68. The Balaban J connectivity index is 2.99. The Morgan fingerprint density at radius 1 is 0.941 bits per heavy atom. The Morgan fingerprint density at radius 2 is 1.41 bits per heavy atom. The van der Waals surface area contributed by atoms with Gasteiger partial charge in [-0.3, -0.25) is 0 Å². The standard InChI is InChI=1S/C15H27NS/c1-3-4-5-6-7-8-9-10-11-12-13-17-15(2)14-16/h2-13H2,1H3. The normalized spacial score (nSPS) is 10.1. The van der Waals surface area contributed by atoms with Crippen LogP contribution in [-0.4, -0.2) is 5.75 Å². The van der Waals surface area contributed by atoms with Gasteiger partial charge in [0, 0.05) is 0 Å². The molecule has 0 heterocycles. The highest BCUT2D eigenvalue weighted by atomic mass is 32.2. The van der Waals surface area contributed by atoms with Crippen molar-refractivity contribution in [1.29, 1.82) is 5.26 Å². The van der Waals surface area contributed by atoms with E-state index in [-0.39, 0.29) is 0 Å². The van der Waals surface area contributed by atoms with Crippen molar-refractivity contribution in [1.82, 2.24) is 0 Å². The van der Waals surface area contributed by atoms with E-state index in [9.17, 15) is 0 Å². The fourth-order valence-electron chi connectivity index (χ4n) is 1.82. The first-order valence-electron chi connectivity index (χ1n) is 7.03. The zero-order chi connectivity index (χ0) is 12.8. The Morgan fingerprint density at radius 3 is 1.88 bits per heavy atom. The number of nitriles is 1. The largest absolute Gasteiger partial charge is 0.192 e. The lowest BCUT2D eigenvalue weighted by atomic mass is 10.1. The van der Waals surface area contributed by atoms with Crippen molar-refractivity contribution in [3.63, 3.8) is 0 Å². The van der Waals surface area contributed by atoms with Crippen molar-refractivity contribution >= 4 is 11.8 Å². The van der Waals surface area contributed by atoms with E-state index in [2.05, 4.69) is 19.6 Å². The molecule has 0 unspecified atom stereocenters. The molecule has 17 heavy (non-hydrogen) atoms. The first-order valence-corrected chi connectivity index (χ1v) is 8.01. The maximum absolute atomic E-state index is 8.53. The van der Waals surface area contributed by atoms with Gasteiger partial charge in [-0.25, -0.2) is 0 Å². The van der Waals surface area contributed by atoms with Crippen LogP contribution in [0.3, 0.4) is 0 Å². The van der Waals surface area contributed by atoms with E-state index in [1.165, 1.54) is 64.2 Å². The highest BCUT2D eigenvalue weighted by Gasteiger charge is 1.94. The fourth-order valence-corrected chi connectivity index (χ4v) is 2.48. The molecule has 0 aliphatic heterocycles. The zero-order valence-corrected chi connectivity index (χ0v) is 12.2. The van der Waals surface area contributed by atoms with Gasteiger partial charge in [-0.15, -0.1) is 11.8 Å². The molecule has 0 saturated carbocycles. The van der Waals surface area contributed by atoms with E-state index in [1.54, 1.807) is 11.8 Å². The number of unbranched alkanes of at least 4 members (excludes halogenated alkanes) is 9. The van der Waals surface area contributed by atoms with Crippen LogP contribution in [0.2, 0.25) is 0 Å². The van der Waals surface area contributed by atoms with E-state index in [0.717, 1.165) is 5.75 Å². The minimum Gasteiger partial charge on any atom is -0.192 e. The zero-order valence-electron chi connectivity index (χ0n) is 11.3. The molecule has 0 fully saturated rings. The van der Waals surface area contributed by atoms with Crippen molar-refractivity contribution in [2.45, 2.75) is 71.1 Å². The molecule has 0 saturated heterocycles. The molecular weight excluding hydrogens is 226 g/mol. The molecule has 0 N–H and O–H groups in total. The van der Waals surface area contributed by atoms with Crippen LogP contribution in [-0.2, 0) is 0 Å². The molecule has 0 spiro atoms. The van der Waals surface area contributed by atoms with Gasteiger partial charge < -0.3 is 0 Å². The molecule has 0 aromatic carbocycles. The molecule has 98 valence electrons. The maximum Gasteiger partial charge on any atom is 0.105 e. The highest BCUT2D eigenvalue weighted by Crippen LogP contribution is 2.16. The molecule has 0 aromatic heterocycles. The van der Waals surface area contributed by atoms with Crippen molar-refractivity contribution < 1.29 is 0 Å². The van der Waals surface area contributed by atoms with Crippen molar-refractivity contribution in [3.05, 3.63) is 11.5 Å². The van der Waals surface area contributed by atoms with Crippen LogP contribution in [0.15, 0.2) is 11.5 Å². The molecule has 0 radical (unpaired) electrons. The SMILES string of the molecule is C=C(C#N)SCCCCCCCCCCCC. The smallest absolute Gasteiger partial charge is 0.105 e. The van der Waals surface area contributed by atoms with Crippen LogP contribution in [0, 0.1) is 11.3 Å². The van der Waals surface area contributed by atoms with Crippen LogP contribution < -0.4 is 0 Å². The Labute approximate surface area is 112 Å². The first-order chi connectivity index (χ1) is 8.31. The summed E-state index contributed by atoms with van der Waals surface area (Å²) < 4.78 is 0. The Hall–Kier alpha value is -0.420. The van der Waals surface area contributed by atoms with Crippen LogP contribution in [0.4, 0.5) is 0 Å². The average molecular weight is 253 g/mol. The number of hydrogen-bond acceptors (Lipinski definition) is 2. The molecule has 0 aliphatic carbocycles. The topological polar surface area (TPSA) is 23.8 Å². The number of thioether (sulfide) groups is 1. The first kappa shape index (κ1) is 16.6. The Kier molecular flexibility index (Phi) is 13.3. The third-order valence-electron chi connectivity index (χ3n) is 2.90. The minimum absolute atomic E-state index is 0.654. The van der Waals surface area contributed by atoms with Gasteiger partial charge in [0.25, 0.3) is 0 Å². The summed E-state index contributed by atoms with van der Waals surface area (Å²) in [5, 5.41) is 8.53. The van der Waals surface area contributed by atoms with Gasteiger partial charge in [0.15, 0.2) is 0 Å². The summed E-state index contributed by atoms with van der Waals surface area (Å²) in [4.78, 5) is 0.654. The minimum atomic E-state index is 0.654. The van der Waals surface area contributed by atoms with Crippen molar-refractivity contribution in [3.8, 4) is 6.07 Å². The van der Waals surface area contributed by atoms with Gasteiger partial charge >= 0.3 is 0 Å². The lowest BCUT2D eigenvalue weighted by Gasteiger charge is -2.02. The number of rotatable bonds is 12. The van der Waals surface area contributed by atoms with E-state index in [1.807, 2.05) is 0 Å². The summed E-state index contributed by atoms with van der Waals surface area (Å²) in [7, 11) is 0. The van der Waals surface area contributed by atoms with E-state index in [4.69, 9.17) is 5.26 Å². The summed E-state index contributed by atoms with van der Waals surface area (Å²) in [6.45, 7) is 5.92. The van der Waals surface area contributed by atoms with E-state index in [0.29, 0.717) is 4.91 Å². The Bertz CT molecular complexity index is 217. The van der Waals surface area contributed by atoms with Crippen LogP contribution >= 0.6 is 11.8 Å². The number of nitrogens with zero attached hydrogens (tertiary/aromatic N) is 1. The van der Waals surface area contributed by atoms with Gasteiger partial charge in [0.2, 0.25) is 0 Å². The second-order valence-electron chi connectivity index (χ2n) is 4.57. The predicted molar refractivity (Wildman–Crippen MR) is 79.1 cm³/mol. The number of hydrogen-bond donors (Lipinski definition) is 0. The molecule has 1 nitrogen and oxygen atoms in total. The molecular formula is C15H27NS. The molecule has 0 aromatic rings. The van der Waals surface area contributed by atoms with Crippen LogP contribution in [0.1, 0.15) is 71.1 Å². The van der Waals surface area contributed by atoms with Crippen LogP contribution in [0.5, 0.6) is 0 Å². The highest BCUT2D eigenvalue weighted by molar-refractivity contribution is 8.03. The molecule has 0 atom stereocenters. The van der Waals surface area contributed by atoms with Crippen molar-refractivity contribution in [2.24, 2.45) is 0 Å². The van der Waals surface area contributed by atoms with Gasteiger partial charge in [0.1, 0.15) is 6.07 Å². The second kappa shape index (κ2) is 13.6. The molecule has 0 amide bonds. The lowest BCUT2D eigenvalue weighted by Crippen LogP contribution is -1.83. The molecule has 2 heteroatoms. The summed E-state index contributed by atoms with van der Waals surface area (Å²) >= 11 is 1.60. The summed E-state index contributed by atoms with van der Waals surface area (Å²) in [5.41, 5.74) is 0. The summed E-state index contributed by atoms with van der Waals surface area (Å²) in [6, 6.07) is 2.07. The average Bonchev–Trinajstić information content (AvgIpc) is 2.35. The fraction of sp³-hybridized carbons (Fsp3) is 0.800. The molecule has 0 rings (SSSR count). The number of allylic oxidation sites excluding steroid dienone is 1. The second-order valence-corrected chi connectivity index (χ2v) is 5.76. The molecule has 0 bridgehead atoms. The lowest BCUT2D eigenvalue weighted by molar-refractivity contribution is 0.563. The van der Waals surface area contributed by atoms with Gasteiger partial charge in [-0.05, 0) is 12.2 Å².